The van der Waals surface area contributed by atoms with Gasteiger partial charge in [0.15, 0.2) is 0 Å². The van der Waals surface area contributed by atoms with E-state index in [1.165, 1.54) is 11.3 Å². The monoisotopic (exact) mass is 315 g/mol. The number of para-hydroxylation sites is 1. The number of amides is 1. The van der Waals surface area contributed by atoms with Crippen LogP contribution >= 0.6 is 11.3 Å². The first kappa shape index (κ1) is 16.0. The third-order valence-corrected chi connectivity index (χ3v) is 3.77. The molecule has 0 unspecified atom stereocenters. The normalized spacial score (nSPS) is 10.2. The number of nitriles is 1. The lowest BCUT2D eigenvalue weighted by Crippen LogP contribution is -2.33. The van der Waals surface area contributed by atoms with E-state index in [1.54, 1.807) is 11.4 Å². The molecule has 1 aromatic heterocycles. The van der Waals surface area contributed by atoms with Crippen LogP contribution in [0.25, 0.3) is 0 Å². The van der Waals surface area contributed by atoms with Crippen LogP contribution in [0.1, 0.15) is 5.56 Å². The molecular formula is C16H17N3O2S. The lowest BCUT2D eigenvalue weighted by atomic mass is 10.3. The fourth-order valence-electron chi connectivity index (χ4n) is 1.82. The van der Waals surface area contributed by atoms with Crippen molar-refractivity contribution >= 4 is 22.2 Å². The van der Waals surface area contributed by atoms with E-state index in [2.05, 4.69) is 5.32 Å². The molecule has 2 aromatic rings. The molecule has 0 bridgehead atoms. The van der Waals surface area contributed by atoms with Crippen molar-refractivity contribution in [2.45, 2.75) is 0 Å². The predicted octanol–water partition coefficient (Wildman–Crippen LogP) is 2.57. The number of carbonyl (C=O) groups is 1. The van der Waals surface area contributed by atoms with Gasteiger partial charge in [-0.2, -0.15) is 5.26 Å². The third kappa shape index (κ3) is 4.88. The molecular weight excluding hydrogens is 298 g/mol. The fourth-order valence-corrected chi connectivity index (χ4v) is 2.57. The molecule has 0 aliphatic heterocycles. The summed E-state index contributed by atoms with van der Waals surface area (Å²) in [6.45, 7) is 1.40. The van der Waals surface area contributed by atoms with E-state index in [1.807, 2.05) is 48.3 Å². The molecule has 114 valence electrons. The third-order valence-electron chi connectivity index (χ3n) is 2.94. The molecule has 0 spiro atoms. The Hall–Kier alpha value is -2.36. The molecule has 0 radical (unpaired) electrons. The molecule has 6 heteroatoms. The second kappa shape index (κ2) is 8.17. The molecule has 1 amide bonds. The van der Waals surface area contributed by atoms with Gasteiger partial charge in [-0.15, -0.1) is 11.3 Å². The van der Waals surface area contributed by atoms with Crippen LogP contribution in [0.5, 0.6) is 5.75 Å². The van der Waals surface area contributed by atoms with E-state index in [0.717, 1.165) is 5.75 Å². The number of anilines is 1. The van der Waals surface area contributed by atoms with Gasteiger partial charge in [0, 0.05) is 6.54 Å². The van der Waals surface area contributed by atoms with Crippen LogP contribution in [-0.4, -0.2) is 37.6 Å². The topological polar surface area (TPSA) is 65.4 Å². The summed E-state index contributed by atoms with van der Waals surface area (Å²) in [6.07, 6.45) is 0. The van der Waals surface area contributed by atoms with Crippen molar-refractivity contribution in [2.24, 2.45) is 0 Å². The number of hydrogen-bond acceptors (Lipinski definition) is 5. The fraction of sp³-hybridized carbons (Fsp3) is 0.250. The maximum absolute atomic E-state index is 11.9. The van der Waals surface area contributed by atoms with Crippen molar-refractivity contribution in [3.63, 3.8) is 0 Å². The Kier molecular flexibility index (Phi) is 5.95. The largest absolute Gasteiger partial charge is 0.492 e. The minimum atomic E-state index is -0.138. The maximum Gasteiger partial charge on any atom is 0.239 e. The zero-order valence-electron chi connectivity index (χ0n) is 12.3. The molecule has 1 N–H and O–H groups in total. The summed E-state index contributed by atoms with van der Waals surface area (Å²) in [7, 11) is 1.85. The number of rotatable bonds is 7. The molecule has 5 nitrogen and oxygen atoms in total. The van der Waals surface area contributed by atoms with Crippen molar-refractivity contribution in [2.75, 3.05) is 32.1 Å². The molecule has 0 saturated carbocycles. The van der Waals surface area contributed by atoms with E-state index in [9.17, 15) is 4.79 Å². The summed E-state index contributed by atoms with van der Waals surface area (Å²) in [5, 5.41) is 14.0. The number of thiophene rings is 1. The Morgan fingerprint density at radius 1 is 1.36 bits per heavy atom. The van der Waals surface area contributed by atoms with Gasteiger partial charge >= 0.3 is 0 Å². The standard InChI is InChI=1S/C16H17N3O2S/c1-19(8-9-21-14-5-3-2-4-6-14)12-15(20)18-16-13(11-17)7-10-22-16/h2-7,10H,8-9,12H2,1H3,(H,18,20). The van der Waals surface area contributed by atoms with E-state index < -0.39 is 0 Å². The molecule has 22 heavy (non-hydrogen) atoms. The smallest absolute Gasteiger partial charge is 0.239 e. The second-order valence-electron chi connectivity index (χ2n) is 4.72. The first-order valence-corrected chi connectivity index (χ1v) is 7.71. The zero-order chi connectivity index (χ0) is 15.8. The van der Waals surface area contributed by atoms with Crippen LogP contribution in [0, 0.1) is 11.3 Å². The number of benzene rings is 1. The summed E-state index contributed by atoms with van der Waals surface area (Å²) in [4.78, 5) is 13.8. The van der Waals surface area contributed by atoms with Crippen LogP contribution in [0.4, 0.5) is 5.00 Å². The minimum Gasteiger partial charge on any atom is -0.492 e. The molecule has 1 aromatic carbocycles. The SMILES string of the molecule is CN(CCOc1ccccc1)CC(=O)Nc1sccc1C#N. The van der Waals surface area contributed by atoms with E-state index in [-0.39, 0.29) is 12.5 Å². The van der Waals surface area contributed by atoms with Crippen LogP contribution in [-0.2, 0) is 4.79 Å². The Morgan fingerprint density at radius 2 is 2.14 bits per heavy atom. The van der Waals surface area contributed by atoms with Crippen molar-refractivity contribution in [3.05, 3.63) is 47.3 Å². The van der Waals surface area contributed by atoms with E-state index in [0.29, 0.717) is 23.7 Å². The number of ether oxygens (including phenoxy) is 1. The van der Waals surface area contributed by atoms with Crippen LogP contribution in [0.3, 0.4) is 0 Å². The summed E-state index contributed by atoms with van der Waals surface area (Å²) in [6, 6.07) is 13.3. The van der Waals surface area contributed by atoms with Gasteiger partial charge in [-0.25, -0.2) is 0 Å². The highest BCUT2D eigenvalue weighted by molar-refractivity contribution is 7.14. The van der Waals surface area contributed by atoms with Gasteiger partial charge in [-0.3, -0.25) is 9.69 Å². The summed E-state index contributed by atoms with van der Waals surface area (Å²) in [5.74, 6) is 0.679. The van der Waals surface area contributed by atoms with Crippen molar-refractivity contribution < 1.29 is 9.53 Å². The van der Waals surface area contributed by atoms with Gasteiger partial charge in [-0.05, 0) is 30.6 Å². The molecule has 0 saturated heterocycles. The number of likely N-dealkylation sites (N-methyl/N-ethyl adjacent to an activating group) is 1. The summed E-state index contributed by atoms with van der Waals surface area (Å²) < 4.78 is 5.59. The first-order valence-electron chi connectivity index (χ1n) is 6.83. The van der Waals surface area contributed by atoms with Gasteiger partial charge in [0.1, 0.15) is 23.4 Å². The molecule has 0 aliphatic carbocycles. The Labute approximate surface area is 133 Å². The van der Waals surface area contributed by atoms with Gasteiger partial charge in [0.2, 0.25) is 5.91 Å². The van der Waals surface area contributed by atoms with Gasteiger partial charge < -0.3 is 10.1 Å². The quantitative estimate of drug-likeness (QED) is 0.853. The highest BCUT2D eigenvalue weighted by atomic mass is 32.1. The van der Waals surface area contributed by atoms with Gasteiger partial charge in [0.05, 0.1) is 12.1 Å². The lowest BCUT2D eigenvalue weighted by molar-refractivity contribution is -0.117. The summed E-state index contributed by atoms with van der Waals surface area (Å²) in [5.41, 5.74) is 0.494. The van der Waals surface area contributed by atoms with E-state index in [4.69, 9.17) is 10.00 Å². The van der Waals surface area contributed by atoms with Crippen LogP contribution in [0.15, 0.2) is 41.8 Å². The van der Waals surface area contributed by atoms with Crippen LogP contribution < -0.4 is 10.1 Å². The first-order chi connectivity index (χ1) is 10.7. The summed E-state index contributed by atoms with van der Waals surface area (Å²) >= 11 is 1.35. The average molecular weight is 315 g/mol. The second-order valence-corrected chi connectivity index (χ2v) is 5.64. The van der Waals surface area contributed by atoms with Crippen molar-refractivity contribution in [1.29, 1.82) is 5.26 Å². The van der Waals surface area contributed by atoms with Crippen molar-refractivity contribution in [1.82, 2.24) is 4.90 Å². The number of nitrogens with zero attached hydrogens (tertiary/aromatic N) is 2. The highest BCUT2D eigenvalue weighted by Gasteiger charge is 2.10. The minimum absolute atomic E-state index is 0.138. The van der Waals surface area contributed by atoms with Gasteiger partial charge in [-0.1, -0.05) is 18.2 Å². The number of carbonyl (C=O) groups excluding carboxylic acids is 1. The lowest BCUT2D eigenvalue weighted by Gasteiger charge is -2.16. The van der Waals surface area contributed by atoms with Crippen molar-refractivity contribution in [3.8, 4) is 11.8 Å². The predicted molar refractivity (Wildman–Crippen MR) is 87.1 cm³/mol. The number of hydrogen-bond donors (Lipinski definition) is 1. The Bertz CT molecular complexity index is 649. The number of nitrogens with one attached hydrogen (secondary N) is 1. The Balaban J connectivity index is 1.71. The average Bonchev–Trinajstić information content (AvgIpc) is 2.95. The van der Waals surface area contributed by atoms with Gasteiger partial charge in [0.25, 0.3) is 0 Å². The highest BCUT2D eigenvalue weighted by Crippen LogP contribution is 2.21. The molecule has 0 aliphatic rings. The Morgan fingerprint density at radius 3 is 2.86 bits per heavy atom. The molecule has 0 fully saturated rings. The van der Waals surface area contributed by atoms with E-state index >= 15 is 0 Å². The molecule has 0 atom stereocenters. The molecule has 1 heterocycles. The molecule has 2 rings (SSSR count). The maximum atomic E-state index is 11.9. The zero-order valence-corrected chi connectivity index (χ0v) is 13.1. The van der Waals surface area contributed by atoms with Crippen LogP contribution in [0.2, 0.25) is 0 Å².